The molecule has 3 rings (SSSR count). The fourth-order valence-electron chi connectivity index (χ4n) is 4.34. The minimum Gasteiger partial charge on any atom is -0.492 e. The van der Waals surface area contributed by atoms with E-state index in [4.69, 9.17) is 27.9 Å². The van der Waals surface area contributed by atoms with Crippen LogP contribution in [0, 0.1) is 0 Å². The van der Waals surface area contributed by atoms with E-state index >= 15 is 0 Å². The smallest absolute Gasteiger partial charge is 0.244 e. The summed E-state index contributed by atoms with van der Waals surface area (Å²) in [5.74, 6) is -0.496. The average Bonchev–Trinajstić information content (AvgIpc) is 3.35. The summed E-state index contributed by atoms with van der Waals surface area (Å²) in [5.41, 5.74) is 0.904. The van der Waals surface area contributed by atoms with Crippen LogP contribution >= 0.6 is 23.2 Å². The SMILES string of the molecule is CCOc1ccccc1N(CC(=O)N(Cc1ccc(Cl)c(Cl)c1)[C@@H](C)C(=O)NC1CCCC1)S(C)(=O)=O. The van der Waals surface area contributed by atoms with E-state index in [0.717, 1.165) is 36.2 Å². The molecule has 1 saturated carbocycles. The van der Waals surface area contributed by atoms with Crippen LogP contribution in [0.25, 0.3) is 0 Å². The first-order chi connectivity index (χ1) is 17.5. The predicted molar refractivity (Wildman–Crippen MR) is 147 cm³/mol. The van der Waals surface area contributed by atoms with Crippen LogP contribution in [-0.4, -0.2) is 56.6 Å². The Balaban J connectivity index is 1.93. The van der Waals surface area contributed by atoms with Gasteiger partial charge >= 0.3 is 0 Å². The van der Waals surface area contributed by atoms with Crippen LogP contribution in [0.3, 0.4) is 0 Å². The molecule has 0 bridgehead atoms. The minimum atomic E-state index is -3.87. The zero-order chi connectivity index (χ0) is 27.2. The number of para-hydroxylation sites is 2. The molecule has 1 N–H and O–H groups in total. The maximum atomic E-state index is 13.7. The topological polar surface area (TPSA) is 96.0 Å². The highest BCUT2D eigenvalue weighted by atomic mass is 35.5. The second-order valence-electron chi connectivity index (χ2n) is 9.11. The number of sulfonamides is 1. The summed E-state index contributed by atoms with van der Waals surface area (Å²) in [6.07, 6.45) is 4.93. The van der Waals surface area contributed by atoms with E-state index in [9.17, 15) is 18.0 Å². The predicted octanol–water partition coefficient (Wildman–Crippen LogP) is 4.63. The molecule has 0 spiro atoms. The van der Waals surface area contributed by atoms with Crippen molar-refractivity contribution in [3.63, 3.8) is 0 Å². The van der Waals surface area contributed by atoms with E-state index in [0.29, 0.717) is 28.0 Å². The number of rotatable bonds is 11. The van der Waals surface area contributed by atoms with Gasteiger partial charge in [0.2, 0.25) is 21.8 Å². The van der Waals surface area contributed by atoms with Gasteiger partial charge in [-0.2, -0.15) is 0 Å². The van der Waals surface area contributed by atoms with Crippen molar-refractivity contribution in [1.29, 1.82) is 0 Å². The van der Waals surface area contributed by atoms with Gasteiger partial charge in [-0.15, -0.1) is 0 Å². The molecule has 1 aliphatic carbocycles. The van der Waals surface area contributed by atoms with Gasteiger partial charge in [0.15, 0.2) is 0 Å². The lowest BCUT2D eigenvalue weighted by Crippen LogP contribution is -2.52. The van der Waals surface area contributed by atoms with Gasteiger partial charge in [-0.05, 0) is 56.5 Å². The second kappa shape index (κ2) is 12.8. The number of hydrogen-bond acceptors (Lipinski definition) is 5. The molecule has 2 aromatic rings. The Labute approximate surface area is 228 Å². The number of hydrogen-bond donors (Lipinski definition) is 1. The van der Waals surface area contributed by atoms with Gasteiger partial charge in [0.1, 0.15) is 18.3 Å². The number of nitrogens with one attached hydrogen (secondary N) is 1. The largest absolute Gasteiger partial charge is 0.492 e. The summed E-state index contributed by atoms with van der Waals surface area (Å²) >= 11 is 12.2. The highest BCUT2D eigenvalue weighted by Crippen LogP contribution is 2.30. The zero-order valence-corrected chi connectivity index (χ0v) is 23.6. The van der Waals surface area contributed by atoms with Crippen molar-refractivity contribution in [2.24, 2.45) is 0 Å². The third-order valence-electron chi connectivity index (χ3n) is 6.32. The standard InChI is InChI=1S/C26H33Cl2N3O5S/c1-4-36-24-12-8-7-11-23(24)31(37(3,34)35)17-25(32)30(16-19-13-14-21(27)22(28)15-19)18(2)26(33)29-20-9-5-6-10-20/h7-8,11-15,18,20H,4-6,9-10,16-17H2,1-3H3,(H,29,33)/t18-/m0/s1. The van der Waals surface area contributed by atoms with Crippen LogP contribution in [-0.2, 0) is 26.2 Å². The Bertz CT molecular complexity index is 1220. The number of benzene rings is 2. The summed E-state index contributed by atoms with van der Waals surface area (Å²) in [6, 6.07) is 10.8. The van der Waals surface area contributed by atoms with Gasteiger partial charge in [-0.1, -0.05) is 54.2 Å². The van der Waals surface area contributed by atoms with Crippen molar-refractivity contribution in [2.75, 3.05) is 23.7 Å². The fraction of sp³-hybridized carbons (Fsp3) is 0.462. The molecule has 0 radical (unpaired) electrons. The number of ether oxygens (including phenoxy) is 1. The summed E-state index contributed by atoms with van der Waals surface area (Å²) in [6.45, 7) is 3.28. The van der Waals surface area contributed by atoms with E-state index < -0.39 is 28.5 Å². The molecule has 1 atom stereocenters. The minimum absolute atomic E-state index is 0.0414. The molecule has 11 heteroatoms. The van der Waals surface area contributed by atoms with Gasteiger partial charge in [-0.3, -0.25) is 13.9 Å². The van der Waals surface area contributed by atoms with Crippen LogP contribution in [0.2, 0.25) is 10.0 Å². The Morgan fingerprint density at radius 3 is 2.41 bits per heavy atom. The Morgan fingerprint density at radius 2 is 1.78 bits per heavy atom. The van der Waals surface area contributed by atoms with Crippen LogP contribution < -0.4 is 14.4 Å². The third-order valence-corrected chi connectivity index (χ3v) is 8.18. The molecule has 37 heavy (non-hydrogen) atoms. The molecular formula is C26H33Cl2N3O5S. The highest BCUT2D eigenvalue weighted by Gasteiger charge is 2.32. The van der Waals surface area contributed by atoms with Crippen LogP contribution in [0.15, 0.2) is 42.5 Å². The quantitative estimate of drug-likeness (QED) is 0.425. The normalized spacial score (nSPS) is 14.7. The maximum Gasteiger partial charge on any atom is 0.244 e. The zero-order valence-electron chi connectivity index (χ0n) is 21.2. The van der Waals surface area contributed by atoms with Gasteiger partial charge in [-0.25, -0.2) is 8.42 Å². The lowest BCUT2D eigenvalue weighted by atomic mass is 10.1. The number of halogens is 2. The van der Waals surface area contributed by atoms with E-state index in [2.05, 4.69) is 5.32 Å². The number of nitrogens with zero attached hydrogens (tertiary/aromatic N) is 2. The average molecular weight is 571 g/mol. The van der Waals surface area contributed by atoms with Gasteiger partial charge in [0.05, 0.1) is 28.6 Å². The Morgan fingerprint density at radius 1 is 1.11 bits per heavy atom. The first kappa shape index (κ1) is 29.1. The fourth-order valence-corrected chi connectivity index (χ4v) is 5.52. The van der Waals surface area contributed by atoms with Gasteiger partial charge in [0.25, 0.3) is 0 Å². The molecule has 0 unspecified atom stereocenters. The van der Waals surface area contributed by atoms with E-state index in [1.165, 1.54) is 4.90 Å². The number of amides is 2. The van der Waals surface area contributed by atoms with Crippen molar-refractivity contribution >= 4 is 50.7 Å². The molecule has 0 aromatic heterocycles. The number of carbonyl (C=O) groups excluding carboxylic acids is 2. The summed E-state index contributed by atoms with van der Waals surface area (Å²) in [4.78, 5) is 28.2. The molecule has 8 nitrogen and oxygen atoms in total. The van der Waals surface area contributed by atoms with Gasteiger partial charge < -0.3 is 15.0 Å². The van der Waals surface area contributed by atoms with Gasteiger partial charge in [0, 0.05) is 12.6 Å². The van der Waals surface area contributed by atoms with Crippen LogP contribution in [0.4, 0.5) is 5.69 Å². The number of carbonyl (C=O) groups is 2. The summed E-state index contributed by atoms with van der Waals surface area (Å²) in [7, 11) is -3.87. The van der Waals surface area contributed by atoms with Crippen LogP contribution in [0.5, 0.6) is 5.75 Å². The van der Waals surface area contributed by atoms with Crippen molar-refractivity contribution in [1.82, 2.24) is 10.2 Å². The Hall–Kier alpha value is -2.49. The second-order valence-corrected chi connectivity index (χ2v) is 11.8. The van der Waals surface area contributed by atoms with Crippen LogP contribution in [0.1, 0.15) is 45.1 Å². The summed E-state index contributed by atoms with van der Waals surface area (Å²) in [5, 5.41) is 3.71. The first-order valence-corrected chi connectivity index (χ1v) is 14.8. The Kier molecular flexibility index (Phi) is 10.1. The lowest BCUT2D eigenvalue weighted by molar-refractivity contribution is -0.139. The molecule has 0 heterocycles. The maximum absolute atomic E-state index is 13.7. The molecular weight excluding hydrogens is 537 g/mol. The first-order valence-electron chi connectivity index (χ1n) is 12.2. The van der Waals surface area contributed by atoms with Crippen molar-refractivity contribution < 1.29 is 22.7 Å². The molecule has 1 aliphatic rings. The summed E-state index contributed by atoms with van der Waals surface area (Å²) < 4.78 is 32.2. The van der Waals surface area contributed by atoms with E-state index in [-0.39, 0.29) is 24.2 Å². The van der Waals surface area contributed by atoms with E-state index in [1.807, 2.05) is 0 Å². The van der Waals surface area contributed by atoms with Crippen molar-refractivity contribution in [3.8, 4) is 5.75 Å². The number of anilines is 1. The molecule has 0 aliphatic heterocycles. The monoisotopic (exact) mass is 569 g/mol. The molecule has 1 fully saturated rings. The highest BCUT2D eigenvalue weighted by molar-refractivity contribution is 7.92. The molecule has 2 aromatic carbocycles. The molecule has 2 amide bonds. The molecule has 0 saturated heterocycles. The van der Waals surface area contributed by atoms with Crippen molar-refractivity contribution in [3.05, 3.63) is 58.1 Å². The van der Waals surface area contributed by atoms with Crippen molar-refractivity contribution in [2.45, 2.75) is 58.2 Å². The lowest BCUT2D eigenvalue weighted by Gasteiger charge is -2.32. The third kappa shape index (κ3) is 7.75. The molecule has 202 valence electrons. The van der Waals surface area contributed by atoms with E-state index in [1.54, 1.807) is 56.3 Å².